The van der Waals surface area contributed by atoms with Crippen molar-refractivity contribution in [2.24, 2.45) is 0 Å². The van der Waals surface area contributed by atoms with Crippen LogP contribution in [0.1, 0.15) is 18.1 Å². The Bertz CT molecular complexity index is 558. The third kappa shape index (κ3) is 3.59. The van der Waals surface area contributed by atoms with E-state index in [9.17, 15) is 4.79 Å². The van der Waals surface area contributed by atoms with E-state index in [1.165, 1.54) is 6.92 Å². The van der Waals surface area contributed by atoms with Gasteiger partial charge in [0.25, 0.3) is 0 Å². The van der Waals surface area contributed by atoms with Gasteiger partial charge in [0.15, 0.2) is 0 Å². The van der Waals surface area contributed by atoms with Crippen LogP contribution in [0.4, 0.5) is 5.69 Å². The van der Waals surface area contributed by atoms with Crippen molar-refractivity contribution in [3.8, 4) is 0 Å². The lowest BCUT2D eigenvalue weighted by atomic mass is 10.1. The number of nitrogens with one attached hydrogen (secondary N) is 1. The Labute approximate surface area is 107 Å². The Hall–Kier alpha value is -2.35. The van der Waals surface area contributed by atoms with Crippen molar-refractivity contribution in [1.82, 2.24) is 0 Å². The van der Waals surface area contributed by atoms with Gasteiger partial charge in [0.05, 0.1) is 0 Å². The number of benzene rings is 2. The Balaban J connectivity index is 2.14. The summed E-state index contributed by atoms with van der Waals surface area (Å²) in [4.78, 5) is 11.0. The summed E-state index contributed by atoms with van der Waals surface area (Å²) in [5.74, 6) is -0.0563. The zero-order valence-corrected chi connectivity index (χ0v) is 10.3. The van der Waals surface area contributed by atoms with Gasteiger partial charge in [-0.05, 0) is 23.3 Å². The predicted octanol–water partition coefficient (Wildman–Crippen LogP) is 3.82. The van der Waals surface area contributed by atoms with Crippen molar-refractivity contribution in [3.05, 3.63) is 65.7 Å². The lowest BCUT2D eigenvalue weighted by molar-refractivity contribution is -0.114. The fourth-order valence-electron chi connectivity index (χ4n) is 1.68. The standard InChI is InChI=1S/C16H15NO/c1-13(18)17-16-9-5-8-15(12-16)11-10-14-6-3-2-4-7-14/h2-12H,1H3,(H,17,18)/b11-10+. The molecule has 0 unspecified atom stereocenters. The first-order chi connectivity index (χ1) is 8.74. The fourth-order valence-corrected chi connectivity index (χ4v) is 1.68. The van der Waals surface area contributed by atoms with Crippen LogP contribution < -0.4 is 5.32 Å². The summed E-state index contributed by atoms with van der Waals surface area (Å²) in [6.07, 6.45) is 4.08. The molecule has 2 rings (SSSR count). The maximum atomic E-state index is 11.0. The lowest BCUT2D eigenvalue weighted by Crippen LogP contribution is -2.05. The van der Waals surface area contributed by atoms with Gasteiger partial charge in [0.2, 0.25) is 5.91 Å². The maximum Gasteiger partial charge on any atom is 0.221 e. The quantitative estimate of drug-likeness (QED) is 0.808. The molecule has 0 radical (unpaired) electrons. The van der Waals surface area contributed by atoms with Crippen molar-refractivity contribution in [2.75, 3.05) is 5.32 Å². The molecule has 0 saturated carbocycles. The minimum Gasteiger partial charge on any atom is -0.326 e. The second-order valence-electron chi connectivity index (χ2n) is 4.05. The molecule has 0 aliphatic carbocycles. The van der Waals surface area contributed by atoms with Crippen molar-refractivity contribution in [3.63, 3.8) is 0 Å². The minimum absolute atomic E-state index is 0.0563. The van der Waals surface area contributed by atoms with Gasteiger partial charge in [-0.15, -0.1) is 0 Å². The van der Waals surface area contributed by atoms with Gasteiger partial charge in [-0.1, -0.05) is 54.6 Å². The highest BCUT2D eigenvalue weighted by Crippen LogP contribution is 2.13. The van der Waals surface area contributed by atoms with Gasteiger partial charge in [-0.25, -0.2) is 0 Å². The Morgan fingerprint density at radius 3 is 2.33 bits per heavy atom. The van der Waals surface area contributed by atoms with Crippen LogP contribution in [-0.2, 0) is 4.79 Å². The van der Waals surface area contributed by atoms with Crippen LogP contribution in [0.25, 0.3) is 12.2 Å². The molecule has 0 aromatic heterocycles. The molecule has 90 valence electrons. The molecule has 0 spiro atoms. The van der Waals surface area contributed by atoms with Gasteiger partial charge >= 0.3 is 0 Å². The van der Waals surface area contributed by atoms with Crippen molar-refractivity contribution < 1.29 is 4.79 Å². The van der Waals surface area contributed by atoms with Gasteiger partial charge in [-0.2, -0.15) is 0 Å². The molecule has 0 heterocycles. The lowest BCUT2D eigenvalue weighted by Gasteiger charge is -2.02. The largest absolute Gasteiger partial charge is 0.326 e. The van der Waals surface area contributed by atoms with Crippen LogP contribution in [0.3, 0.4) is 0 Å². The fraction of sp³-hybridized carbons (Fsp3) is 0.0625. The van der Waals surface area contributed by atoms with Gasteiger partial charge < -0.3 is 5.32 Å². The molecule has 2 nitrogen and oxygen atoms in total. The molecule has 0 bridgehead atoms. The first kappa shape index (κ1) is 12.1. The van der Waals surface area contributed by atoms with Gasteiger partial charge in [0.1, 0.15) is 0 Å². The molecule has 0 fully saturated rings. The van der Waals surface area contributed by atoms with Crippen LogP contribution >= 0.6 is 0 Å². The van der Waals surface area contributed by atoms with E-state index in [0.29, 0.717) is 0 Å². The predicted molar refractivity (Wildman–Crippen MR) is 76.1 cm³/mol. The molecule has 2 aromatic carbocycles. The molecule has 2 aromatic rings. The van der Waals surface area contributed by atoms with Crippen LogP contribution in [0.5, 0.6) is 0 Å². The van der Waals surface area contributed by atoms with E-state index in [1.54, 1.807) is 0 Å². The van der Waals surface area contributed by atoms with E-state index in [-0.39, 0.29) is 5.91 Å². The third-order valence-electron chi connectivity index (χ3n) is 2.47. The van der Waals surface area contributed by atoms with E-state index in [2.05, 4.69) is 5.32 Å². The second-order valence-corrected chi connectivity index (χ2v) is 4.05. The van der Waals surface area contributed by atoms with E-state index >= 15 is 0 Å². The highest BCUT2D eigenvalue weighted by Gasteiger charge is 1.95. The van der Waals surface area contributed by atoms with E-state index in [4.69, 9.17) is 0 Å². The van der Waals surface area contributed by atoms with Crippen molar-refractivity contribution >= 4 is 23.7 Å². The number of hydrogen-bond donors (Lipinski definition) is 1. The number of hydrogen-bond acceptors (Lipinski definition) is 1. The molecule has 0 saturated heterocycles. The van der Waals surface area contributed by atoms with Crippen LogP contribution in [0, 0.1) is 0 Å². The third-order valence-corrected chi connectivity index (χ3v) is 2.47. The Kier molecular flexibility index (Phi) is 3.92. The Morgan fingerprint density at radius 1 is 0.944 bits per heavy atom. The molecule has 1 N–H and O–H groups in total. The van der Waals surface area contributed by atoms with E-state index < -0.39 is 0 Å². The van der Waals surface area contributed by atoms with E-state index in [0.717, 1.165) is 16.8 Å². The number of rotatable bonds is 3. The molecular formula is C16H15NO. The topological polar surface area (TPSA) is 29.1 Å². The molecular weight excluding hydrogens is 222 g/mol. The molecule has 1 amide bonds. The highest BCUT2D eigenvalue weighted by molar-refractivity contribution is 5.89. The zero-order valence-electron chi connectivity index (χ0n) is 10.3. The number of amides is 1. The first-order valence-corrected chi connectivity index (χ1v) is 5.85. The SMILES string of the molecule is CC(=O)Nc1cccc(/C=C/c2ccccc2)c1. The summed E-state index contributed by atoms with van der Waals surface area (Å²) < 4.78 is 0. The molecule has 2 heteroatoms. The van der Waals surface area contributed by atoms with Crippen molar-refractivity contribution in [2.45, 2.75) is 6.92 Å². The second kappa shape index (κ2) is 5.82. The molecule has 0 aliphatic heterocycles. The highest BCUT2D eigenvalue weighted by atomic mass is 16.1. The van der Waals surface area contributed by atoms with Crippen LogP contribution in [-0.4, -0.2) is 5.91 Å². The smallest absolute Gasteiger partial charge is 0.221 e. The average Bonchev–Trinajstić information content (AvgIpc) is 2.37. The monoisotopic (exact) mass is 237 g/mol. The normalized spacial score (nSPS) is 10.5. The molecule has 0 aliphatic rings. The summed E-state index contributed by atoms with van der Waals surface area (Å²) in [7, 11) is 0. The van der Waals surface area contributed by atoms with Gasteiger partial charge in [0, 0.05) is 12.6 Å². The number of carbonyl (C=O) groups excluding carboxylic acids is 1. The summed E-state index contributed by atoms with van der Waals surface area (Å²) in [6, 6.07) is 17.9. The first-order valence-electron chi connectivity index (χ1n) is 5.85. The minimum atomic E-state index is -0.0563. The molecule has 18 heavy (non-hydrogen) atoms. The zero-order chi connectivity index (χ0) is 12.8. The summed E-state index contributed by atoms with van der Waals surface area (Å²) in [5.41, 5.74) is 3.03. The summed E-state index contributed by atoms with van der Waals surface area (Å²) in [5, 5.41) is 2.77. The van der Waals surface area contributed by atoms with Crippen LogP contribution in [0.15, 0.2) is 54.6 Å². The average molecular weight is 237 g/mol. The summed E-state index contributed by atoms with van der Waals surface area (Å²) >= 11 is 0. The Morgan fingerprint density at radius 2 is 1.61 bits per heavy atom. The molecule has 0 atom stereocenters. The van der Waals surface area contributed by atoms with Gasteiger partial charge in [-0.3, -0.25) is 4.79 Å². The maximum absolute atomic E-state index is 11.0. The van der Waals surface area contributed by atoms with Crippen molar-refractivity contribution in [1.29, 1.82) is 0 Å². The van der Waals surface area contributed by atoms with E-state index in [1.807, 2.05) is 66.7 Å². The number of anilines is 1. The van der Waals surface area contributed by atoms with Crippen LogP contribution in [0.2, 0.25) is 0 Å². The number of carbonyl (C=O) groups is 1. The summed E-state index contributed by atoms with van der Waals surface area (Å²) in [6.45, 7) is 1.51.